The molecular formula is C20H28N4O2. The number of hydrogen-bond acceptors (Lipinski definition) is 3. The summed E-state index contributed by atoms with van der Waals surface area (Å²) in [4.78, 5) is 14.3. The van der Waals surface area contributed by atoms with Gasteiger partial charge in [0.05, 0.1) is 12.8 Å². The van der Waals surface area contributed by atoms with E-state index in [4.69, 9.17) is 4.74 Å². The second-order valence-corrected chi connectivity index (χ2v) is 7.09. The number of carbonyl (C=O) groups is 1. The molecule has 1 aromatic heterocycles. The van der Waals surface area contributed by atoms with Crippen molar-refractivity contribution in [1.29, 1.82) is 0 Å². The molecule has 1 saturated heterocycles. The quantitative estimate of drug-likeness (QED) is 0.866. The summed E-state index contributed by atoms with van der Waals surface area (Å²) in [6.07, 6.45) is 6.74. The van der Waals surface area contributed by atoms with Gasteiger partial charge in [0.2, 0.25) is 0 Å². The van der Waals surface area contributed by atoms with Crippen LogP contribution in [0.15, 0.2) is 36.7 Å². The van der Waals surface area contributed by atoms with E-state index in [0.717, 1.165) is 43.7 Å². The first kappa shape index (κ1) is 18.3. The van der Waals surface area contributed by atoms with Crippen LogP contribution < -0.4 is 10.1 Å². The molecule has 1 atom stereocenters. The smallest absolute Gasteiger partial charge is 0.317 e. The first-order chi connectivity index (χ1) is 12.6. The van der Waals surface area contributed by atoms with Gasteiger partial charge in [-0.3, -0.25) is 4.68 Å². The zero-order valence-corrected chi connectivity index (χ0v) is 15.6. The predicted molar refractivity (Wildman–Crippen MR) is 101 cm³/mol. The number of benzene rings is 1. The molecule has 0 bridgehead atoms. The number of aromatic nitrogens is 2. The fraction of sp³-hybridized carbons (Fsp3) is 0.500. The Balaban J connectivity index is 1.41. The van der Waals surface area contributed by atoms with Crippen molar-refractivity contribution < 1.29 is 9.53 Å². The summed E-state index contributed by atoms with van der Waals surface area (Å²) in [5.41, 5.74) is 2.33. The second kappa shape index (κ2) is 8.74. The van der Waals surface area contributed by atoms with Crippen molar-refractivity contribution in [2.24, 2.45) is 13.0 Å². The van der Waals surface area contributed by atoms with Crippen molar-refractivity contribution >= 4 is 6.03 Å². The Morgan fingerprint density at radius 1 is 1.42 bits per heavy atom. The van der Waals surface area contributed by atoms with Gasteiger partial charge in [0.25, 0.3) is 0 Å². The topological polar surface area (TPSA) is 59.4 Å². The Morgan fingerprint density at radius 2 is 2.31 bits per heavy atom. The van der Waals surface area contributed by atoms with Gasteiger partial charge in [0, 0.05) is 38.8 Å². The number of rotatable bonds is 6. The van der Waals surface area contributed by atoms with Crippen molar-refractivity contribution in [3.8, 4) is 5.75 Å². The standard InChI is InChI=1S/C20H28N4O2/c1-16-5-3-7-19(11-16)26-15-18-6-4-10-24(14-18)20(25)21-9-8-17-12-22-23(2)13-17/h3,5,7,11-13,18H,4,6,8-10,14-15H2,1-2H3,(H,21,25). The number of aryl methyl sites for hydroxylation is 2. The van der Waals surface area contributed by atoms with Gasteiger partial charge in [-0.1, -0.05) is 12.1 Å². The molecule has 1 N–H and O–H groups in total. The van der Waals surface area contributed by atoms with E-state index in [1.54, 1.807) is 4.68 Å². The number of carbonyl (C=O) groups excluding carboxylic acids is 1. The average Bonchev–Trinajstić information content (AvgIpc) is 3.05. The number of likely N-dealkylation sites (tertiary alicyclic amines) is 1. The van der Waals surface area contributed by atoms with Crippen molar-refractivity contribution in [3.05, 3.63) is 47.8 Å². The molecule has 0 aliphatic carbocycles. The highest BCUT2D eigenvalue weighted by atomic mass is 16.5. The largest absolute Gasteiger partial charge is 0.493 e. The Bertz CT molecular complexity index is 728. The van der Waals surface area contributed by atoms with E-state index in [1.165, 1.54) is 5.56 Å². The van der Waals surface area contributed by atoms with E-state index in [9.17, 15) is 4.79 Å². The number of nitrogens with zero attached hydrogens (tertiary/aromatic N) is 3. The van der Waals surface area contributed by atoms with Crippen LogP contribution in [0.1, 0.15) is 24.0 Å². The maximum absolute atomic E-state index is 12.4. The van der Waals surface area contributed by atoms with Crippen molar-refractivity contribution in [2.45, 2.75) is 26.2 Å². The summed E-state index contributed by atoms with van der Waals surface area (Å²) >= 11 is 0. The Kier molecular flexibility index (Phi) is 6.15. The minimum absolute atomic E-state index is 0.0224. The lowest BCUT2D eigenvalue weighted by molar-refractivity contribution is 0.137. The fourth-order valence-electron chi connectivity index (χ4n) is 3.33. The van der Waals surface area contributed by atoms with Gasteiger partial charge in [-0.15, -0.1) is 0 Å². The number of amides is 2. The summed E-state index contributed by atoms with van der Waals surface area (Å²) in [6, 6.07) is 8.12. The van der Waals surface area contributed by atoms with Gasteiger partial charge in [-0.25, -0.2) is 4.79 Å². The molecule has 0 spiro atoms. The molecule has 1 aliphatic rings. The van der Waals surface area contributed by atoms with Crippen LogP contribution >= 0.6 is 0 Å². The summed E-state index contributed by atoms with van der Waals surface area (Å²) in [5.74, 6) is 1.29. The lowest BCUT2D eigenvalue weighted by Gasteiger charge is -2.32. The molecule has 1 unspecified atom stereocenters. The van der Waals surface area contributed by atoms with E-state index in [1.807, 2.05) is 42.5 Å². The Labute approximate surface area is 155 Å². The van der Waals surface area contributed by atoms with Crippen LogP contribution in [0.2, 0.25) is 0 Å². The molecule has 2 amide bonds. The minimum atomic E-state index is 0.0224. The number of piperidine rings is 1. The van der Waals surface area contributed by atoms with Gasteiger partial charge in [-0.05, 0) is 49.4 Å². The third kappa shape index (κ3) is 5.25. The zero-order chi connectivity index (χ0) is 18.4. The van der Waals surface area contributed by atoms with Crippen LogP contribution in [0, 0.1) is 12.8 Å². The molecule has 1 aromatic carbocycles. The van der Waals surface area contributed by atoms with Crippen LogP contribution in [-0.4, -0.2) is 47.0 Å². The SMILES string of the molecule is Cc1cccc(OCC2CCCN(C(=O)NCCc3cnn(C)c3)C2)c1. The van der Waals surface area contributed by atoms with Gasteiger partial charge >= 0.3 is 6.03 Å². The molecule has 2 aromatic rings. The van der Waals surface area contributed by atoms with Crippen molar-refractivity contribution in [1.82, 2.24) is 20.0 Å². The summed E-state index contributed by atoms with van der Waals surface area (Å²) in [6.45, 7) is 4.92. The van der Waals surface area contributed by atoms with E-state index in [0.29, 0.717) is 19.1 Å². The van der Waals surface area contributed by atoms with Gasteiger partial charge in [-0.2, -0.15) is 5.10 Å². The van der Waals surface area contributed by atoms with E-state index >= 15 is 0 Å². The fourth-order valence-corrected chi connectivity index (χ4v) is 3.33. The highest BCUT2D eigenvalue weighted by Gasteiger charge is 2.24. The molecular weight excluding hydrogens is 328 g/mol. The predicted octanol–water partition coefficient (Wildman–Crippen LogP) is 2.77. The lowest BCUT2D eigenvalue weighted by atomic mass is 9.99. The van der Waals surface area contributed by atoms with Crippen LogP contribution in [-0.2, 0) is 13.5 Å². The Morgan fingerprint density at radius 3 is 3.08 bits per heavy atom. The maximum atomic E-state index is 12.4. The van der Waals surface area contributed by atoms with E-state index < -0.39 is 0 Å². The molecule has 140 valence electrons. The maximum Gasteiger partial charge on any atom is 0.317 e. The minimum Gasteiger partial charge on any atom is -0.493 e. The lowest BCUT2D eigenvalue weighted by Crippen LogP contribution is -2.47. The first-order valence-corrected chi connectivity index (χ1v) is 9.30. The normalized spacial score (nSPS) is 17.2. The summed E-state index contributed by atoms with van der Waals surface area (Å²) in [5, 5.41) is 7.17. The van der Waals surface area contributed by atoms with E-state index in [-0.39, 0.29) is 6.03 Å². The second-order valence-electron chi connectivity index (χ2n) is 7.09. The van der Waals surface area contributed by atoms with E-state index in [2.05, 4.69) is 23.4 Å². The first-order valence-electron chi connectivity index (χ1n) is 9.30. The third-order valence-electron chi connectivity index (χ3n) is 4.73. The van der Waals surface area contributed by atoms with Crippen LogP contribution in [0.4, 0.5) is 4.79 Å². The molecule has 2 heterocycles. The Hall–Kier alpha value is -2.50. The van der Waals surface area contributed by atoms with Crippen molar-refractivity contribution in [3.63, 3.8) is 0 Å². The highest BCUT2D eigenvalue weighted by Crippen LogP contribution is 2.19. The number of ether oxygens (including phenoxy) is 1. The highest BCUT2D eigenvalue weighted by molar-refractivity contribution is 5.74. The molecule has 0 saturated carbocycles. The molecule has 6 heteroatoms. The molecule has 1 fully saturated rings. The average molecular weight is 356 g/mol. The van der Waals surface area contributed by atoms with Crippen molar-refractivity contribution in [2.75, 3.05) is 26.2 Å². The molecule has 1 aliphatic heterocycles. The van der Waals surface area contributed by atoms with Crippen LogP contribution in [0.5, 0.6) is 5.75 Å². The monoisotopic (exact) mass is 356 g/mol. The molecule has 3 rings (SSSR count). The third-order valence-corrected chi connectivity index (χ3v) is 4.73. The van der Waals surface area contributed by atoms with Crippen LogP contribution in [0.3, 0.4) is 0 Å². The number of nitrogens with one attached hydrogen (secondary N) is 1. The molecule has 0 radical (unpaired) electrons. The molecule has 6 nitrogen and oxygen atoms in total. The van der Waals surface area contributed by atoms with Gasteiger partial charge in [0.1, 0.15) is 5.75 Å². The molecule has 26 heavy (non-hydrogen) atoms. The van der Waals surface area contributed by atoms with Crippen LogP contribution in [0.25, 0.3) is 0 Å². The number of hydrogen-bond donors (Lipinski definition) is 1. The summed E-state index contributed by atoms with van der Waals surface area (Å²) < 4.78 is 7.71. The summed E-state index contributed by atoms with van der Waals surface area (Å²) in [7, 11) is 1.90. The van der Waals surface area contributed by atoms with Gasteiger partial charge in [0.15, 0.2) is 0 Å². The number of urea groups is 1. The van der Waals surface area contributed by atoms with Gasteiger partial charge < -0.3 is 15.0 Å². The zero-order valence-electron chi connectivity index (χ0n) is 15.6.